The van der Waals surface area contributed by atoms with Crippen molar-refractivity contribution in [2.45, 2.75) is 25.0 Å². The van der Waals surface area contributed by atoms with Crippen molar-refractivity contribution in [3.63, 3.8) is 0 Å². The topological polar surface area (TPSA) is 72.6 Å². The maximum Gasteiger partial charge on any atom is 0.253 e. The number of hydrogen-bond donors (Lipinski definition) is 3. The third kappa shape index (κ3) is 4.17. The summed E-state index contributed by atoms with van der Waals surface area (Å²) in [7, 11) is 1.69. The summed E-state index contributed by atoms with van der Waals surface area (Å²) in [6.45, 7) is 3.39. The molecule has 2 aliphatic heterocycles. The van der Waals surface area contributed by atoms with Crippen LogP contribution in [0.1, 0.15) is 34.8 Å². The Kier molecular flexibility index (Phi) is 5.63. The summed E-state index contributed by atoms with van der Waals surface area (Å²) in [4.78, 5) is 20.7. The molecule has 2 saturated heterocycles. The summed E-state index contributed by atoms with van der Waals surface area (Å²) < 4.78 is 5.26. The van der Waals surface area contributed by atoms with Crippen molar-refractivity contribution in [1.82, 2.24) is 25.6 Å². The molecule has 0 saturated carbocycles. The number of aromatic nitrogens is 1. The van der Waals surface area contributed by atoms with Crippen LogP contribution in [0.5, 0.6) is 5.75 Å². The number of benzene rings is 2. The van der Waals surface area contributed by atoms with E-state index in [2.05, 4.69) is 32.9 Å². The van der Waals surface area contributed by atoms with Gasteiger partial charge in [-0.2, -0.15) is 0 Å². The van der Waals surface area contributed by atoms with Gasteiger partial charge < -0.3 is 14.6 Å². The highest BCUT2D eigenvalue weighted by atomic mass is 16.5. The maximum absolute atomic E-state index is 13.1. The lowest BCUT2D eigenvalue weighted by Gasteiger charge is -2.27. The van der Waals surface area contributed by atoms with Gasteiger partial charge in [0.1, 0.15) is 5.75 Å². The number of nitrogens with one attached hydrogen (secondary N) is 3. The van der Waals surface area contributed by atoms with Crippen molar-refractivity contribution in [3.8, 4) is 5.75 Å². The standard InChI is InChI=1S/C24H29N5O2/c1-31-20-6-3-17(4-7-20)22-16-23(27-26-22)28-11-2-12-29(14-13-28)24(30)19-5-8-21-18(15-19)9-10-25-21/h3-10,15,22-23,25-27H,2,11-14,16H2,1H3. The van der Waals surface area contributed by atoms with Crippen LogP contribution in [-0.4, -0.2) is 60.1 Å². The Labute approximate surface area is 182 Å². The lowest BCUT2D eigenvalue weighted by Crippen LogP contribution is -2.46. The minimum Gasteiger partial charge on any atom is -0.497 e. The van der Waals surface area contributed by atoms with Gasteiger partial charge in [0.05, 0.1) is 13.3 Å². The molecule has 1 amide bonds. The molecule has 5 rings (SSSR count). The molecule has 7 nitrogen and oxygen atoms in total. The van der Waals surface area contributed by atoms with Crippen LogP contribution in [0.3, 0.4) is 0 Å². The first-order valence-electron chi connectivity index (χ1n) is 11.0. The fourth-order valence-electron chi connectivity index (χ4n) is 4.65. The van der Waals surface area contributed by atoms with Crippen molar-refractivity contribution in [1.29, 1.82) is 0 Å². The average molecular weight is 420 g/mol. The molecule has 0 bridgehead atoms. The lowest BCUT2D eigenvalue weighted by molar-refractivity contribution is 0.0756. The highest BCUT2D eigenvalue weighted by Gasteiger charge is 2.31. The van der Waals surface area contributed by atoms with E-state index < -0.39 is 0 Å². The minimum atomic E-state index is 0.124. The smallest absolute Gasteiger partial charge is 0.253 e. The number of rotatable bonds is 4. The number of hydrazine groups is 1. The predicted molar refractivity (Wildman–Crippen MR) is 121 cm³/mol. The quantitative estimate of drug-likeness (QED) is 0.607. The van der Waals surface area contributed by atoms with E-state index in [1.807, 2.05) is 47.5 Å². The van der Waals surface area contributed by atoms with Gasteiger partial charge in [-0.15, -0.1) is 0 Å². The van der Waals surface area contributed by atoms with Gasteiger partial charge >= 0.3 is 0 Å². The first-order chi connectivity index (χ1) is 15.2. The molecular formula is C24H29N5O2. The van der Waals surface area contributed by atoms with Gasteiger partial charge in [-0.1, -0.05) is 12.1 Å². The molecule has 1 aromatic heterocycles. The molecule has 7 heteroatoms. The van der Waals surface area contributed by atoms with Crippen LogP contribution in [0.15, 0.2) is 54.7 Å². The summed E-state index contributed by atoms with van der Waals surface area (Å²) in [6.07, 6.45) is 4.14. The van der Waals surface area contributed by atoms with E-state index in [4.69, 9.17) is 4.74 Å². The van der Waals surface area contributed by atoms with Crippen LogP contribution in [0.4, 0.5) is 0 Å². The van der Waals surface area contributed by atoms with Crippen molar-refractivity contribution < 1.29 is 9.53 Å². The number of H-pyrrole nitrogens is 1. The van der Waals surface area contributed by atoms with Crippen LogP contribution < -0.4 is 15.6 Å². The number of hydrogen-bond acceptors (Lipinski definition) is 5. The van der Waals surface area contributed by atoms with Crippen molar-refractivity contribution >= 4 is 16.8 Å². The van der Waals surface area contributed by atoms with Gasteiger partial charge in [-0.05, 0) is 54.8 Å². The number of aromatic amines is 1. The van der Waals surface area contributed by atoms with Crippen LogP contribution in [-0.2, 0) is 0 Å². The summed E-state index contributed by atoms with van der Waals surface area (Å²) in [6, 6.07) is 16.4. The van der Waals surface area contributed by atoms with Gasteiger partial charge in [0.15, 0.2) is 0 Å². The SMILES string of the molecule is COc1ccc(C2CC(N3CCCN(C(=O)c4ccc5[nH]ccc5c4)CC3)NN2)cc1. The van der Waals surface area contributed by atoms with Gasteiger partial charge in [0.2, 0.25) is 0 Å². The van der Waals surface area contributed by atoms with Crippen molar-refractivity contribution in [2.24, 2.45) is 0 Å². The van der Waals surface area contributed by atoms with E-state index in [0.717, 1.165) is 61.2 Å². The Balaban J connectivity index is 1.20. The van der Waals surface area contributed by atoms with Gasteiger partial charge in [0, 0.05) is 54.9 Å². The molecule has 2 unspecified atom stereocenters. The van der Waals surface area contributed by atoms with Gasteiger partial charge in [-0.25, -0.2) is 10.9 Å². The van der Waals surface area contributed by atoms with E-state index in [9.17, 15) is 4.79 Å². The molecule has 3 N–H and O–H groups in total. The van der Waals surface area contributed by atoms with E-state index >= 15 is 0 Å². The number of methoxy groups -OCH3 is 1. The molecule has 0 aliphatic carbocycles. The number of ether oxygens (including phenoxy) is 1. The maximum atomic E-state index is 13.1. The fourth-order valence-corrected chi connectivity index (χ4v) is 4.65. The number of nitrogens with zero attached hydrogens (tertiary/aromatic N) is 2. The molecule has 162 valence electrons. The monoisotopic (exact) mass is 419 g/mol. The Hall–Kier alpha value is -2.87. The molecule has 3 aromatic rings. The molecule has 0 spiro atoms. The number of carbonyl (C=O) groups is 1. The highest BCUT2D eigenvalue weighted by molar-refractivity contribution is 5.98. The predicted octanol–water partition coefficient (Wildman–Crippen LogP) is 2.89. The summed E-state index contributed by atoms with van der Waals surface area (Å²) >= 11 is 0. The second kappa shape index (κ2) is 8.70. The van der Waals surface area contributed by atoms with Crippen LogP contribution in [0.2, 0.25) is 0 Å². The molecule has 0 radical (unpaired) electrons. The van der Waals surface area contributed by atoms with Crippen LogP contribution in [0.25, 0.3) is 10.9 Å². The zero-order valence-corrected chi connectivity index (χ0v) is 17.8. The third-order valence-electron chi connectivity index (χ3n) is 6.46. The Morgan fingerprint density at radius 2 is 1.87 bits per heavy atom. The largest absolute Gasteiger partial charge is 0.497 e. The zero-order chi connectivity index (χ0) is 21.2. The average Bonchev–Trinajstić information content (AvgIpc) is 3.43. The van der Waals surface area contributed by atoms with Crippen molar-refractivity contribution in [2.75, 3.05) is 33.3 Å². The third-order valence-corrected chi connectivity index (χ3v) is 6.46. The van der Waals surface area contributed by atoms with E-state index in [0.29, 0.717) is 0 Å². The molecule has 2 atom stereocenters. The van der Waals surface area contributed by atoms with Crippen LogP contribution in [0, 0.1) is 0 Å². The zero-order valence-electron chi connectivity index (χ0n) is 17.8. The number of amides is 1. The first kappa shape index (κ1) is 20.1. The summed E-state index contributed by atoms with van der Waals surface area (Å²) in [5, 5.41) is 1.08. The Morgan fingerprint density at radius 3 is 2.71 bits per heavy atom. The second-order valence-corrected chi connectivity index (χ2v) is 8.33. The molecule has 2 aromatic carbocycles. The molecule has 2 aliphatic rings. The Bertz CT molecular complexity index is 1050. The number of fused-ring (bicyclic) bond motifs is 1. The normalized spacial score (nSPS) is 22.5. The Morgan fingerprint density at radius 1 is 1.00 bits per heavy atom. The van der Waals surface area contributed by atoms with Gasteiger partial charge in [0.25, 0.3) is 5.91 Å². The summed E-state index contributed by atoms with van der Waals surface area (Å²) in [5.41, 5.74) is 9.98. The fraction of sp³-hybridized carbons (Fsp3) is 0.375. The van der Waals surface area contributed by atoms with Gasteiger partial charge in [-0.3, -0.25) is 9.69 Å². The number of carbonyl (C=O) groups excluding carboxylic acids is 1. The van der Waals surface area contributed by atoms with E-state index in [-0.39, 0.29) is 18.1 Å². The van der Waals surface area contributed by atoms with E-state index in [1.54, 1.807) is 7.11 Å². The molecular weight excluding hydrogens is 390 g/mol. The molecule has 31 heavy (non-hydrogen) atoms. The highest BCUT2D eigenvalue weighted by Crippen LogP contribution is 2.26. The minimum absolute atomic E-state index is 0.124. The summed E-state index contributed by atoms with van der Waals surface area (Å²) in [5.74, 6) is 0.998. The van der Waals surface area contributed by atoms with E-state index in [1.165, 1.54) is 5.56 Å². The van der Waals surface area contributed by atoms with Crippen molar-refractivity contribution in [3.05, 3.63) is 65.9 Å². The second-order valence-electron chi connectivity index (χ2n) is 8.33. The lowest BCUT2D eigenvalue weighted by atomic mass is 10.0. The molecule has 2 fully saturated rings. The first-order valence-corrected chi connectivity index (χ1v) is 11.0. The van der Waals surface area contributed by atoms with Crippen LogP contribution >= 0.6 is 0 Å². The molecule has 3 heterocycles.